The van der Waals surface area contributed by atoms with Crippen molar-refractivity contribution in [1.82, 2.24) is 4.90 Å². The lowest BCUT2D eigenvalue weighted by molar-refractivity contribution is -0.143. The molecule has 1 aromatic rings. The fraction of sp³-hybridized carbons (Fsp3) is 0.412. The first kappa shape index (κ1) is 17.6. The minimum atomic E-state index is -0.677. The summed E-state index contributed by atoms with van der Waals surface area (Å²) in [5, 5.41) is 0. The highest BCUT2D eigenvalue weighted by Gasteiger charge is 2.23. The predicted octanol–water partition coefficient (Wildman–Crippen LogP) is 2.80. The summed E-state index contributed by atoms with van der Waals surface area (Å²) in [6.45, 7) is 6.91. The van der Waals surface area contributed by atoms with Crippen LogP contribution in [0.4, 0.5) is 4.79 Å². The summed E-state index contributed by atoms with van der Waals surface area (Å²) in [5.74, 6) is 2.29. The second kappa shape index (κ2) is 8.08. The molecule has 118 valence electrons. The van der Waals surface area contributed by atoms with Gasteiger partial charge in [0.05, 0.1) is 6.61 Å². The van der Waals surface area contributed by atoms with E-state index in [0.717, 1.165) is 10.5 Å². The number of nitrogens with zero attached hydrogens (tertiary/aromatic N) is 1. The van der Waals surface area contributed by atoms with Gasteiger partial charge in [-0.05, 0) is 45.7 Å². The molecule has 0 aliphatic carbocycles. The van der Waals surface area contributed by atoms with Gasteiger partial charge in [-0.2, -0.15) is 0 Å². The molecule has 1 amide bonds. The summed E-state index contributed by atoms with van der Waals surface area (Å²) in [6, 6.07) is 11.8. The molecule has 0 heterocycles. The van der Waals surface area contributed by atoms with Gasteiger partial charge in [0.1, 0.15) is 12.1 Å². The number of rotatable bonds is 3. The molecule has 0 unspecified atom stereocenters. The third kappa shape index (κ3) is 6.80. The highest BCUT2D eigenvalue weighted by Crippen LogP contribution is 2.09. The predicted molar refractivity (Wildman–Crippen MR) is 82.9 cm³/mol. The number of benzene rings is 1. The van der Waals surface area contributed by atoms with Gasteiger partial charge in [-0.3, -0.25) is 4.79 Å². The van der Waals surface area contributed by atoms with Gasteiger partial charge >= 0.3 is 12.1 Å². The second-order valence-electron chi connectivity index (χ2n) is 5.47. The number of esters is 1. The standard InChI is InChI=1S/C17H21NO4/c1-5-21-15(19)13-18(16(20)22-17(2,3)4)12-11-14-9-7-6-8-10-14/h6-10H,5,13H2,1-4H3. The van der Waals surface area contributed by atoms with Crippen LogP contribution in [-0.4, -0.2) is 35.7 Å². The Kier molecular flexibility index (Phi) is 6.46. The van der Waals surface area contributed by atoms with Crippen molar-refractivity contribution < 1.29 is 19.1 Å². The van der Waals surface area contributed by atoms with Crippen molar-refractivity contribution in [2.75, 3.05) is 13.2 Å². The first-order valence-electron chi connectivity index (χ1n) is 7.04. The fourth-order valence-electron chi connectivity index (χ4n) is 1.46. The topological polar surface area (TPSA) is 55.8 Å². The van der Waals surface area contributed by atoms with E-state index in [2.05, 4.69) is 12.0 Å². The van der Waals surface area contributed by atoms with Crippen LogP contribution in [0.25, 0.3) is 0 Å². The highest BCUT2D eigenvalue weighted by molar-refractivity contribution is 5.79. The molecule has 0 aliphatic rings. The molecule has 1 aromatic carbocycles. The van der Waals surface area contributed by atoms with Crippen LogP contribution in [0.15, 0.2) is 30.3 Å². The van der Waals surface area contributed by atoms with Gasteiger partial charge in [-0.1, -0.05) is 18.2 Å². The van der Waals surface area contributed by atoms with Crippen LogP contribution in [0.2, 0.25) is 0 Å². The quantitative estimate of drug-likeness (QED) is 0.489. The van der Waals surface area contributed by atoms with Crippen molar-refractivity contribution in [2.24, 2.45) is 0 Å². The normalized spacial score (nSPS) is 10.2. The summed E-state index contributed by atoms with van der Waals surface area (Å²) in [5.41, 5.74) is 0.0678. The van der Waals surface area contributed by atoms with Gasteiger partial charge in [-0.25, -0.2) is 9.69 Å². The number of hydrogen-bond donors (Lipinski definition) is 0. The van der Waals surface area contributed by atoms with E-state index >= 15 is 0 Å². The molecule has 0 saturated heterocycles. The molecule has 22 heavy (non-hydrogen) atoms. The van der Waals surface area contributed by atoms with Crippen molar-refractivity contribution >= 4 is 12.1 Å². The average Bonchev–Trinajstić information content (AvgIpc) is 2.43. The van der Waals surface area contributed by atoms with Gasteiger partial charge < -0.3 is 9.47 Å². The molecule has 0 radical (unpaired) electrons. The number of carbonyl (C=O) groups is 2. The van der Waals surface area contributed by atoms with Crippen LogP contribution in [0.3, 0.4) is 0 Å². The fourth-order valence-corrected chi connectivity index (χ4v) is 1.46. The van der Waals surface area contributed by atoms with Crippen LogP contribution in [0, 0.1) is 12.0 Å². The molecular weight excluding hydrogens is 282 g/mol. The van der Waals surface area contributed by atoms with Crippen LogP contribution in [0.5, 0.6) is 0 Å². The third-order valence-electron chi connectivity index (χ3n) is 2.32. The summed E-state index contributed by atoms with van der Waals surface area (Å²) < 4.78 is 10.1. The zero-order chi connectivity index (χ0) is 16.6. The van der Waals surface area contributed by atoms with Gasteiger partial charge in [0.15, 0.2) is 0 Å². The van der Waals surface area contributed by atoms with Crippen molar-refractivity contribution in [3.63, 3.8) is 0 Å². The van der Waals surface area contributed by atoms with Gasteiger partial charge in [-0.15, -0.1) is 0 Å². The van der Waals surface area contributed by atoms with Crippen molar-refractivity contribution in [3.8, 4) is 12.0 Å². The van der Waals surface area contributed by atoms with Crippen molar-refractivity contribution in [2.45, 2.75) is 33.3 Å². The zero-order valence-corrected chi connectivity index (χ0v) is 13.4. The third-order valence-corrected chi connectivity index (χ3v) is 2.32. The Morgan fingerprint density at radius 2 is 1.82 bits per heavy atom. The Bertz CT molecular complexity index is 564. The molecule has 0 aliphatic heterocycles. The summed E-state index contributed by atoms with van der Waals surface area (Å²) in [7, 11) is 0. The lowest BCUT2D eigenvalue weighted by atomic mass is 10.2. The minimum Gasteiger partial charge on any atom is -0.465 e. The molecule has 1 rings (SSSR count). The Morgan fingerprint density at radius 3 is 2.36 bits per heavy atom. The number of hydrogen-bond acceptors (Lipinski definition) is 4. The van der Waals surface area contributed by atoms with Crippen LogP contribution in [-0.2, 0) is 14.3 Å². The smallest absolute Gasteiger partial charge is 0.422 e. The number of ether oxygens (including phenoxy) is 2. The number of carbonyl (C=O) groups excluding carboxylic acids is 2. The average molecular weight is 303 g/mol. The van der Waals surface area contributed by atoms with E-state index in [-0.39, 0.29) is 13.2 Å². The minimum absolute atomic E-state index is 0.243. The van der Waals surface area contributed by atoms with Gasteiger partial charge in [0.25, 0.3) is 0 Å². The molecule has 0 saturated carbocycles. The highest BCUT2D eigenvalue weighted by atomic mass is 16.6. The summed E-state index contributed by atoms with van der Waals surface area (Å²) in [4.78, 5) is 24.7. The molecular formula is C17H21NO4. The van der Waals surface area contributed by atoms with E-state index in [1.165, 1.54) is 0 Å². The Hall–Kier alpha value is -2.48. The van der Waals surface area contributed by atoms with E-state index in [9.17, 15) is 9.59 Å². The first-order chi connectivity index (χ1) is 10.3. The van der Waals surface area contributed by atoms with Crippen LogP contribution in [0.1, 0.15) is 33.3 Å². The molecule has 0 atom stereocenters. The Labute approximate surface area is 131 Å². The maximum Gasteiger partial charge on any atom is 0.422 e. The maximum atomic E-state index is 12.1. The van der Waals surface area contributed by atoms with E-state index in [0.29, 0.717) is 0 Å². The zero-order valence-electron chi connectivity index (χ0n) is 13.4. The molecule has 5 heteroatoms. The maximum absolute atomic E-state index is 12.1. The van der Waals surface area contributed by atoms with E-state index < -0.39 is 17.7 Å². The first-order valence-corrected chi connectivity index (χ1v) is 7.04. The van der Waals surface area contributed by atoms with Crippen molar-refractivity contribution in [3.05, 3.63) is 35.9 Å². The molecule has 5 nitrogen and oxygen atoms in total. The monoisotopic (exact) mass is 303 g/mol. The van der Waals surface area contributed by atoms with Gasteiger partial charge in [0, 0.05) is 11.6 Å². The van der Waals surface area contributed by atoms with Crippen LogP contribution >= 0.6 is 0 Å². The lowest BCUT2D eigenvalue weighted by Crippen LogP contribution is -2.37. The Balaban J connectivity index is 2.89. The van der Waals surface area contributed by atoms with Crippen molar-refractivity contribution in [1.29, 1.82) is 0 Å². The SMILES string of the molecule is CCOC(=O)CN(C#Cc1ccccc1)C(=O)OC(C)(C)C. The molecule has 0 fully saturated rings. The number of amides is 1. The van der Waals surface area contributed by atoms with E-state index in [4.69, 9.17) is 9.47 Å². The lowest BCUT2D eigenvalue weighted by Gasteiger charge is -2.23. The van der Waals surface area contributed by atoms with E-state index in [1.54, 1.807) is 27.7 Å². The molecule has 0 bridgehead atoms. The summed E-state index contributed by atoms with van der Waals surface area (Å²) in [6.07, 6.45) is -0.677. The summed E-state index contributed by atoms with van der Waals surface area (Å²) >= 11 is 0. The van der Waals surface area contributed by atoms with E-state index in [1.807, 2.05) is 30.3 Å². The second-order valence-corrected chi connectivity index (χ2v) is 5.47. The van der Waals surface area contributed by atoms with Crippen LogP contribution < -0.4 is 0 Å². The molecule has 0 spiro atoms. The largest absolute Gasteiger partial charge is 0.465 e. The molecule has 0 aromatic heterocycles. The Morgan fingerprint density at radius 1 is 1.18 bits per heavy atom. The molecule has 0 N–H and O–H groups in total. The van der Waals surface area contributed by atoms with Gasteiger partial charge in [0.2, 0.25) is 0 Å².